The Kier molecular flexibility index (Phi) is 3.68. The zero-order valence-corrected chi connectivity index (χ0v) is 11.4. The SMILES string of the molecule is CCOC(=O)C1(c2nnc(C)n2CC)CCCC1. The number of nitrogens with zero attached hydrogens (tertiary/aromatic N) is 3. The molecule has 0 amide bonds. The highest BCUT2D eigenvalue weighted by Crippen LogP contribution is 2.41. The predicted molar refractivity (Wildman–Crippen MR) is 67.2 cm³/mol. The van der Waals surface area contributed by atoms with Gasteiger partial charge in [-0.1, -0.05) is 12.8 Å². The highest BCUT2D eigenvalue weighted by atomic mass is 16.5. The fraction of sp³-hybridized carbons (Fsp3) is 0.769. The molecule has 1 saturated carbocycles. The minimum atomic E-state index is -0.562. The van der Waals surface area contributed by atoms with Gasteiger partial charge in [-0.25, -0.2) is 0 Å². The van der Waals surface area contributed by atoms with Crippen molar-refractivity contribution in [3.05, 3.63) is 11.6 Å². The van der Waals surface area contributed by atoms with Gasteiger partial charge in [0.25, 0.3) is 0 Å². The van der Waals surface area contributed by atoms with Gasteiger partial charge in [-0.05, 0) is 33.6 Å². The standard InChI is InChI=1S/C13H21N3O2/c1-4-16-10(3)14-15-11(16)13(8-6-7-9-13)12(17)18-5-2/h4-9H2,1-3H3. The largest absolute Gasteiger partial charge is 0.465 e. The third-order valence-corrected chi connectivity index (χ3v) is 3.80. The van der Waals surface area contributed by atoms with Crippen LogP contribution in [0, 0.1) is 6.92 Å². The predicted octanol–water partition coefficient (Wildman–Crippen LogP) is 1.98. The van der Waals surface area contributed by atoms with Gasteiger partial charge in [0, 0.05) is 6.54 Å². The van der Waals surface area contributed by atoms with Crippen molar-refractivity contribution >= 4 is 5.97 Å². The first-order chi connectivity index (χ1) is 8.65. The maximum atomic E-state index is 12.3. The number of carbonyl (C=O) groups is 1. The van der Waals surface area contributed by atoms with E-state index in [4.69, 9.17) is 4.74 Å². The van der Waals surface area contributed by atoms with E-state index >= 15 is 0 Å². The summed E-state index contributed by atoms with van der Waals surface area (Å²) in [4.78, 5) is 12.3. The van der Waals surface area contributed by atoms with E-state index in [9.17, 15) is 4.79 Å². The molecule has 1 fully saturated rings. The summed E-state index contributed by atoms with van der Waals surface area (Å²) in [7, 11) is 0. The summed E-state index contributed by atoms with van der Waals surface area (Å²) in [6.45, 7) is 7.02. The number of aromatic nitrogens is 3. The van der Waals surface area contributed by atoms with Crippen LogP contribution in [0.5, 0.6) is 0 Å². The van der Waals surface area contributed by atoms with Crippen LogP contribution >= 0.6 is 0 Å². The summed E-state index contributed by atoms with van der Waals surface area (Å²) in [5.74, 6) is 1.52. The van der Waals surface area contributed by atoms with Crippen LogP contribution in [0.1, 0.15) is 51.2 Å². The lowest BCUT2D eigenvalue weighted by atomic mass is 9.85. The van der Waals surface area contributed by atoms with E-state index in [1.165, 1.54) is 0 Å². The van der Waals surface area contributed by atoms with Crippen LogP contribution in [-0.4, -0.2) is 27.3 Å². The second-order valence-electron chi connectivity index (χ2n) is 4.82. The van der Waals surface area contributed by atoms with E-state index in [1.54, 1.807) is 0 Å². The minimum absolute atomic E-state index is 0.135. The quantitative estimate of drug-likeness (QED) is 0.768. The molecule has 0 N–H and O–H groups in total. The molecule has 0 aromatic carbocycles. The summed E-state index contributed by atoms with van der Waals surface area (Å²) in [5.41, 5.74) is -0.562. The van der Waals surface area contributed by atoms with Crippen molar-refractivity contribution in [1.82, 2.24) is 14.8 Å². The van der Waals surface area contributed by atoms with Crippen LogP contribution < -0.4 is 0 Å². The van der Waals surface area contributed by atoms with E-state index in [0.717, 1.165) is 43.9 Å². The molecule has 1 heterocycles. The number of hydrogen-bond acceptors (Lipinski definition) is 4. The fourth-order valence-corrected chi connectivity index (χ4v) is 2.88. The molecule has 1 aromatic rings. The Hall–Kier alpha value is -1.39. The van der Waals surface area contributed by atoms with Crippen LogP contribution in [0.2, 0.25) is 0 Å². The molecule has 0 bridgehead atoms. The first-order valence-electron chi connectivity index (χ1n) is 6.73. The highest BCUT2D eigenvalue weighted by Gasteiger charge is 2.48. The van der Waals surface area contributed by atoms with Crippen LogP contribution in [0.15, 0.2) is 0 Å². The molecule has 2 rings (SSSR count). The minimum Gasteiger partial charge on any atom is -0.465 e. The van der Waals surface area contributed by atoms with Gasteiger partial charge < -0.3 is 9.30 Å². The van der Waals surface area contributed by atoms with Gasteiger partial charge in [0.1, 0.15) is 11.2 Å². The normalized spacial score (nSPS) is 17.9. The first kappa shape index (κ1) is 13.1. The molecule has 5 nitrogen and oxygen atoms in total. The number of carbonyl (C=O) groups excluding carboxylic acids is 1. The topological polar surface area (TPSA) is 57.0 Å². The van der Waals surface area contributed by atoms with Crippen LogP contribution in [-0.2, 0) is 21.5 Å². The second-order valence-corrected chi connectivity index (χ2v) is 4.82. The monoisotopic (exact) mass is 251 g/mol. The van der Waals surface area contributed by atoms with Crippen LogP contribution in [0.4, 0.5) is 0 Å². The summed E-state index contributed by atoms with van der Waals surface area (Å²) in [5, 5.41) is 8.38. The van der Waals surface area contributed by atoms with E-state index in [-0.39, 0.29) is 5.97 Å². The van der Waals surface area contributed by atoms with E-state index in [0.29, 0.717) is 6.61 Å². The van der Waals surface area contributed by atoms with E-state index in [2.05, 4.69) is 10.2 Å². The maximum absolute atomic E-state index is 12.3. The molecular weight excluding hydrogens is 230 g/mol. The molecule has 0 atom stereocenters. The fourth-order valence-electron chi connectivity index (χ4n) is 2.88. The Labute approximate surface area is 108 Å². The Morgan fingerprint density at radius 1 is 1.33 bits per heavy atom. The van der Waals surface area contributed by atoms with Crippen molar-refractivity contribution in [2.75, 3.05) is 6.61 Å². The molecule has 0 unspecified atom stereocenters. The van der Waals surface area contributed by atoms with Gasteiger partial charge in [-0.3, -0.25) is 4.79 Å². The van der Waals surface area contributed by atoms with Gasteiger partial charge in [0.2, 0.25) is 0 Å². The number of rotatable bonds is 4. The molecule has 100 valence electrons. The van der Waals surface area contributed by atoms with Crippen LogP contribution in [0.25, 0.3) is 0 Å². The smallest absolute Gasteiger partial charge is 0.319 e. The van der Waals surface area contributed by atoms with Gasteiger partial charge in [-0.2, -0.15) is 0 Å². The zero-order chi connectivity index (χ0) is 13.2. The van der Waals surface area contributed by atoms with E-state index < -0.39 is 5.41 Å². The molecule has 0 spiro atoms. The van der Waals surface area contributed by atoms with Crippen molar-refractivity contribution in [3.63, 3.8) is 0 Å². The van der Waals surface area contributed by atoms with Gasteiger partial charge in [0.15, 0.2) is 5.82 Å². The third kappa shape index (κ3) is 1.91. The van der Waals surface area contributed by atoms with Crippen molar-refractivity contribution in [2.45, 2.75) is 58.4 Å². The molecule has 1 aromatic heterocycles. The highest BCUT2D eigenvalue weighted by molar-refractivity contribution is 5.82. The van der Waals surface area contributed by atoms with Crippen molar-refractivity contribution in [2.24, 2.45) is 0 Å². The lowest BCUT2D eigenvalue weighted by Crippen LogP contribution is -2.37. The van der Waals surface area contributed by atoms with Gasteiger partial charge in [0.05, 0.1) is 6.61 Å². The number of aryl methyl sites for hydroxylation is 1. The lowest BCUT2D eigenvalue weighted by molar-refractivity contribution is -0.150. The first-order valence-corrected chi connectivity index (χ1v) is 6.73. The molecule has 1 aliphatic carbocycles. The molecule has 1 aliphatic rings. The number of hydrogen-bond donors (Lipinski definition) is 0. The third-order valence-electron chi connectivity index (χ3n) is 3.80. The molecule has 0 radical (unpaired) electrons. The Morgan fingerprint density at radius 2 is 2.00 bits per heavy atom. The number of esters is 1. The Balaban J connectivity index is 2.44. The van der Waals surface area contributed by atoms with Crippen molar-refractivity contribution in [3.8, 4) is 0 Å². The number of ether oxygens (including phenoxy) is 1. The molecule has 0 saturated heterocycles. The molecule has 0 aliphatic heterocycles. The summed E-state index contributed by atoms with van der Waals surface area (Å²) in [6.07, 6.45) is 3.75. The van der Waals surface area contributed by atoms with E-state index in [1.807, 2.05) is 25.3 Å². The van der Waals surface area contributed by atoms with Crippen molar-refractivity contribution in [1.29, 1.82) is 0 Å². The average Bonchev–Trinajstić information content (AvgIpc) is 2.96. The zero-order valence-electron chi connectivity index (χ0n) is 11.4. The molecule has 18 heavy (non-hydrogen) atoms. The summed E-state index contributed by atoms with van der Waals surface area (Å²) < 4.78 is 7.30. The Morgan fingerprint density at radius 3 is 2.56 bits per heavy atom. The summed E-state index contributed by atoms with van der Waals surface area (Å²) >= 11 is 0. The van der Waals surface area contributed by atoms with Crippen LogP contribution in [0.3, 0.4) is 0 Å². The van der Waals surface area contributed by atoms with Gasteiger partial charge in [-0.15, -0.1) is 10.2 Å². The van der Waals surface area contributed by atoms with Gasteiger partial charge >= 0.3 is 5.97 Å². The van der Waals surface area contributed by atoms with Crippen molar-refractivity contribution < 1.29 is 9.53 Å². The lowest BCUT2D eigenvalue weighted by Gasteiger charge is -2.25. The average molecular weight is 251 g/mol. The Bertz CT molecular complexity index is 433. The molecular formula is C13H21N3O2. The summed E-state index contributed by atoms with van der Waals surface area (Å²) in [6, 6.07) is 0. The second kappa shape index (κ2) is 5.08. The molecule has 5 heteroatoms. The maximum Gasteiger partial charge on any atom is 0.319 e.